The van der Waals surface area contributed by atoms with Gasteiger partial charge in [0.2, 0.25) is 0 Å². The minimum atomic E-state index is -0.237. The molecule has 0 unspecified atom stereocenters. The molecule has 0 amide bonds. The highest BCUT2D eigenvalue weighted by atomic mass is 32.1. The number of aromatic nitrogens is 2. The Kier molecular flexibility index (Phi) is 3.73. The first-order chi connectivity index (χ1) is 12.0. The van der Waals surface area contributed by atoms with Crippen LogP contribution in [0.25, 0.3) is 11.3 Å². The van der Waals surface area contributed by atoms with Gasteiger partial charge in [-0.25, -0.2) is 0 Å². The van der Waals surface area contributed by atoms with E-state index < -0.39 is 0 Å². The molecule has 1 N–H and O–H groups in total. The normalized spacial score (nSPS) is 14.6. The fourth-order valence-corrected chi connectivity index (χ4v) is 4.04. The summed E-state index contributed by atoms with van der Waals surface area (Å²) in [6.45, 7) is 4.75. The number of nitrogens with zero attached hydrogens (tertiary/aromatic N) is 1. The van der Waals surface area contributed by atoms with E-state index >= 15 is 0 Å². The Morgan fingerprint density at radius 2 is 1.76 bits per heavy atom. The van der Waals surface area contributed by atoms with E-state index in [1.807, 2.05) is 42.5 Å². The van der Waals surface area contributed by atoms with Crippen LogP contribution in [0.15, 0.2) is 59.4 Å². The summed E-state index contributed by atoms with van der Waals surface area (Å²) in [4.78, 5) is 16.7. The Morgan fingerprint density at radius 1 is 1.08 bits per heavy atom. The van der Waals surface area contributed by atoms with Crippen molar-refractivity contribution in [2.45, 2.75) is 32.2 Å². The average Bonchev–Trinajstić information content (AvgIpc) is 2.58. The Bertz CT molecular complexity index is 1060. The molecule has 0 radical (unpaired) electrons. The van der Waals surface area contributed by atoms with Crippen LogP contribution >= 0.6 is 12.2 Å². The molecule has 25 heavy (non-hydrogen) atoms. The summed E-state index contributed by atoms with van der Waals surface area (Å²) in [6.07, 6.45) is 0.849. The highest BCUT2D eigenvalue weighted by Gasteiger charge is 2.34. The molecular formula is C21H20N2OS. The van der Waals surface area contributed by atoms with Crippen LogP contribution < -0.4 is 5.56 Å². The van der Waals surface area contributed by atoms with Crippen molar-refractivity contribution >= 4 is 12.2 Å². The van der Waals surface area contributed by atoms with Gasteiger partial charge in [0.25, 0.3) is 5.56 Å². The van der Waals surface area contributed by atoms with Crippen molar-refractivity contribution in [3.8, 4) is 11.3 Å². The molecule has 126 valence electrons. The topological polar surface area (TPSA) is 37.8 Å². The lowest BCUT2D eigenvalue weighted by Gasteiger charge is -2.33. The maximum atomic E-state index is 13.3. The van der Waals surface area contributed by atoms with E-state index in [0.29, 0.717) is 11.3 Å². The van der Waals surface area contributed by atoms with E-state index in [2.05, 4.69) is 31.0 Å². The fraction of sp³-hybridized carbons (Fsp3) is 0.238. The predicted molar refractivity (Wildman–Crippen MR) is 104 cm³/mol. The van der Waals surface area contributed by atoms with Gasteiger partial charge in [-0.2, -0.15) is 0 Å². The van der Waals surface area contributed by atoms with Crippen LogP contribution in [-0.2, 0) is 18.4 Å². The van der Waals surface area contributed by atoms with Crippen molar-refractivity contribution in [3.63, 3.8) is 0 Å². The quantitative estimate of drug-likeness (QED) is 0.695. The molecule has 0 bridgehead atoms. The van der Waals surface area contributed by atoms with E-state index in [4.69, 9.17) is 12.2 Å². The van der Waals surface area contributed by atoms with Crippen LogP contribution in [0.1, 0.15) is 30.5 Å². The van der Waals surface area contributed by atoms with Crippen molar-refractivity contribution in [1.29, 1.82) is 0 Å². The Morgan fingerprint density at radius 3 is 2.52 bits per heavy atom. The molecule has 1 aromatic heterocycles. The molecule has 3 aromatic rings. The second-order valence-corrected chi connectivity index (χ2v) is 7.66. The van der Waals surface area contributed by atoms with Gasteiger partial charge in [0.15, 0.2) is 4.77 Å². The summed E-state index contributed by atoms with van der Waals surface area (Å²) in [7, 11) is 0. The maximum absolute atomic E-state index is 13.3. The molecule has 1 aliphatic carbocycles. The van der Waals surface area contributed by atoms with E-state index in [-0.39, 0.29) is 11.0 Å². The van der Waals surface area contributed by atoms with Gasteiger partial charge in [0.1, 0.15) is 0 Å². The maximum Gasteiger partial charge on any atom is 0.258 e. The molecule has 0 fully saturated rings. The molecule has 0 aliphatic heterocycles. The van der Waals surface area contributed by atoms with Crippen molar-refractivity contribution in [1.82, 2.24) is 9.55 Å². The van der Waals surface area contributed by atoms with Gasteiger partial charge in [-0.15, -0.1) is 0 Å². The summed E-state index contributed by atoms with van der Waals surface area (Å²) < 4.78 is 2.15. The zero-order valence-electron chi connectivity index (χ0n) is 14.4. The van der Waals surface area contributed by atoms with Crippen molar-refractivity contribution in [2.24, 2.45) is 0 Å². The summed E-state index contributed by atoms with van der Waals surface area (Å²) in [6, 6.07) is 18.2. The summed E-state index contributed by atoms with van der Waals surface area (Å²) in [5.41, 5.74) is 4.90. The van der Waals surface area contributed by atoms with Gasteiger partial charge in [-0.05, 0) is 29.8 Å². The predicted octanol–water partition coefficient (Wildman–Crippen LogP) is 4.45. The molecule has 0 saturated heterocycles. The summed E-state index contributed by atoms with van der Waals surface area (Å²) in [5.74, 6) is 0. The van der Waals surface area contributed by atoms with Gasteiger partial charge >= 0.3 is 0 Å². The van der Waals surface area contributed by atoms with E-state index in [9.17, 15) is 4.79 Å². The highest BCUT2D eigenvalue weighted by molar-refractivity contribution is 7.71. The second-order valence-electron chi connectivity index (χ2n) is 7.27. The fourth-order valence-electron chi connectivity index (χ4n) is 3.79. The SMILES string of the molecule is CC1(C)Cc2ccccc2-c2[nH]c(=S)n(Cc3ccccc3)c(=O)c21. The van der Waals surface area contributed by atoms with Crippen molar-refractivity contribution in [2.75, 3.05) is 0 Å². The number of hydrogen-bond donors (Lipinski definition) is 1. The zero-order chi connectivity index (χ0) is 17.6. The van der Waals surface area contributed by atoms with E-state index in [0.717, 1.165) is 28.8 Å². The lowest BCUT2D eigenvalue weighted by Crippen LogP contribution is -2.38. The number of nitrogens with one attached hydrogen (secondary N) is 1. The molecular weight excluding hydrogens is 328 g/mol. The van der Waals surface area contributed by atoms with Gasteiger partial charge in [0.05, 0.1) is 12.2 Å². The van der Waals surface area contributed by atoms with E-state index in [1.165, 1.54) is 5.56 Å². The van der Waals surface area contributed by atoms with Gasteiger partial charge in [-0.1, -0.05) is 68.4 Å². The molecule has 4 rings (SSSR count). The van der Waals surface area contributed by atoms with Crippen molar-refractivity contribution < 1.29 is 0 Å². The largest absolute Gasteiger partial charge is 0.331 e. The lowest BCUT2D eigenvalue weighted by molar-refractivity contribution is 0.497. The molecule has 1 aliphatic rings. The number of H-pyrrole nitrogens is 1. The number of fused-ring (bicyclic) bond motifs is 3. The first-order valence-corrected chi connectivity index (χ1v) is 8.88. The number of rotatable bonds is 2. The van der Waals surface area contributed by atoms with Crippen LogP contribution in [0.2, 0.25) is 0 Å². The van der Waals surface area contributed by atoms with Crippen LogP contribution in [0.5, 0.6) is 0 Å². The number of aromatic amines is 1. The molecule has 0 spiro atoms. The molecule has 3 nitrogen and oxygen atoms in total. The van der Waals surface area contributed by atoms with Crippen molar-refractivity contribution in [3.05, 3.63) is 86.4 Å². The molecule has 0 saturated carbocycles. The Hall–Kier alpha value is -2.46. The van der Waals surface area contributed by atoms with Crippen LogP contribution in [-0.4, -0.2) is 9.55 Å². The van der Waals surface area contributed by atoms with Gasteiger partial charge in [-0.3, -0.25) is 9.36 Å². The van der Waals surface area contributed by atoms with Crippen LogP contribution in [0.3, 0.4) is 0 Å². The second kappa shape index (κ2) is 5.81. The lowest BCUT2D eigenvalue weighted by atomic mass is 9.72. The third-order valence-electron chi connectivity index (χ3n) is 4.97. The third kappa shape index (κ3) is 2.67. The van der Waals surface area contributed by atoms with E-state index in [1.54, 1.807) is 4.57 Å². The van der Waals surface area contributed by atoms with Crippen LogP contribution in [0, 0.1) is 4.77 Å². The zero-order valence-corrected chi connectivity index (χ0v) is 15.2. The first-order valence-electron chi connectivity index (χ1n) is 8.47. The molecule has 2 aromatic carbocycles. The number of hydrogen-bond acceptors (Lipinski definition) is 2. The van der Waals surface area contributed by atoms with Crippen LogP contribution in [0.4, 0.5) is 0 Å². The molecule has 1 heterocycles. The minimum absolute atomic E-state index is 0.0158. The monoisotopic (exact) mass is 348 g/mol. The standard InChI is InChI=1S/C21H20N2OS/c1-21(2)12-15-10-6-7-11-16(15)18-17(21)19(24)23(20(25)22-18)13-14-8-4-3-5-9-14/h3-11H,12-13H2,1-2H3,(H,22,25). The summed E-state index contributed by atoms with van der Waals surface area (Å²) in [5, 5.41) is 0. The number of benzene rings is 2. The minimum Gasteiger partial charge on any atom is -0.331 e. The van der Waals surface area contributed by atoms with Gasteiger partial charge < -0.3 is 4.98 Å². The average molecular weight is 348 g/mol. The first kappa shape index (κ1) is 16.0. The van der Waals surface area contributed by atoms with Gasteiger partial charge in [0, 0.05) is 16.5 Å². The third-order valence-corrected chi connectivity index (χ3v) is 5.29. The molecule has 0 atom stereocenters. The summed E-state index contributed by atoms with van der Waals surface area (Å²) >= 11 is 5.54. The Balaban J connectivity index is 1.96. The molecule has 4 heteroatoms. The highest BCUT2D eigenvalue weighted by Crippen LogP contribution is 2.39. The smallest absolute Gasteiger partial charge is 0.258 e. The Labute approximate surface area is 152 Å².